The van der Waals surface area contributed by atoms with Gasteiger partial charge in [-0.05, 0) is 18.6 Å². The van der Waals surface area contributed by atoms with Gasteiger partial charge < -0.3 is 10.3 Å². The second-order valence-corrected chi connectivity index (χ2v) is 5.59. The molecule has 2 atom stereocenters. The van der Waals surface area contributed by atoms with E-state index in [2.05, 4.69) is 14.8 Å². The van der Waals surface area contributed by atoms with Crippen LogP contribution >= 0.6 is 11.8 Å². The largest absolute Gasteiger partial charge is 0.326 e. The average Bonchev–Trinajstić information content (AvgIpc) is 2.83. The lowest BCUT2D eigenvalue weighted by atomic mass is 10.1. The molecule has 0 aliphatic carbocycles. The Balaban J connectivity index is 1.92. The molecule has 0 saturated carbocycles. The van der Waals surface area contributed by atoms with Crippen molar-refractivity contribution in [3.8, 4) is 0 Å². The van der Waals surface area contributed by atoms with Crippen LogP contribution in [0.3, 0.4) is 0 Å². The Hall–Kier alpha value is -0.550. The van der Waals surface area contributed by atoms with Crippen LogP contribution < -0.4 is 5.73 Å². The number of aryl methyl sites for hydroxylation is 1. The van der Waals surface area contributed by atoms with Gasteiger partial charge in [0.05, 0.1) is 0 Å². The summed E-state index contributed by atoms with van der Waals surface area (Å²) < 4.78 is 2.27. The van der Waals surface area contributed by atoms with Gasteiger partial charge in [-0.2, -0.15) is 11.8 Å². The maximum Gasteiger partial charge on any atom is 0.137 e. The molecule has 2 aliphatic rings. The van der Waals surface area contributed by atoms with Gasteiger partial charge in [-0.15, -0.1) is 10.2 Å². The summed E-state index contributed by atoms with van der Waals surface area (Å²) in [5.41, 5.74) is 5.99. The predicted octanol–water partition coefficient (Wildman–Crippen LogP) is 0.772. The van der Waals surface area contributed by atoms with Gasteiger partial charge in [0.15, 0.2) is 0 Å². The van der Waals surface area contributed by atoms with Gasteiger partial charge in [0.2, 0.25) is 0 Å². The number of thioether (sulfide) groups is 1. The van der Waals surface area contributed by atoms with Crippen LogP contribution in [0.25, 0.3) is 0 Å². The summed E-state index contributed by atoms with van der Waals surface area (Å²) in [5.74, 6) is 5.40. The molecule has 3 heterocycles. The quantitative estimate of drug-likeness (QED) is 0.765. The first kappa shape index (κ1) is 9.66. The maximum atomic E-state index is 5.99. The third-order valence-corrected chi connectivity index (χ3v) is 4.47. The molecule has 15 heavy (non-hydrogen) atoms. The fourth-order valence-electron chi connectivity index (χ4n) is 2.41. The molecule has 0 radical (unpaired) electrons. The Morgan fingerprint density at radius 1 is 1.33 bits per heavy atom. The van der Waals surface area contributed by atoms with Crippen LogP contribution in [-0.2, 0) is 13.0 Å². The molecule has 0 aromatic carbocycles. The molecule has 1 fully saturated rings. The third-order valence-electron chi connectivity index (χ3n) is 3.31. The molecule has 1 saturated heterocycles. The summed E-state index contributed by atoms with van der Waals surface area (Å²) in [6.45, 7) is 0.916. The van der Waals surface area contributed by atoms with E-state index in [1.165, 1.54) is 23.8 Å². The highest BCUT2D eigenvalue weighted by molar-refractivity contribution is 7.99. The first-order chi connectivity index (χ1) is 7.34. The zero-order valence-electron chi connectivity index (χ0n) is 8.72. The molecule has 2 unspecified atom stereocenters. The van der Waals surface area contributed by atoms with Crippen LogP contribution in [0.2, 0.25) is 0 Å². The molecule has 1 aromatic heterocycles. The minimum Gasteiger partial charge on any atom is -0.326 e. The Bertz CT molecular complexity index is 356. The van der Waals surface area contributed by atoms with Gasteiger partial charge >= 0.3 is 0 Å². The molecule has 1 aromatic rings. The van der Waals surface area contributed by atoms with E-state index in [1.54, 1.807) is 0 Å². The highest BCUT2D eigenvalue weighted by Gasteiger charge is 2.27. The first-order valence-corrected chi connectivity index (χ1v) is 6.75. The zero-order valence-corrected chi connectivity index (χ0v) is 9.54. The summed E-state index contributed by atoms with van der Waals surface area (Å²) in [6.07, 6.45) is 3.30. The van der Waals surface area contributed by atoms with Gasteiger partial charge in [-0.3, -0.25) is 0 Å². The minimum atomic E-state index is 0.293. The van der Waals surface area contributed by atoms with E-state index in [1.807, 2.05) is 11.8 Å². The van der Waals surface area contributed by atoms with Crippen LogP contribution in [0.4, 0.5) is 0 Å². The van der Waals surface area contributed by atoms with E-state index in [4.69, 9.17) is 5.73 Å². The van der Waals surface area contributed by atoms with Crippen molar-refractivity contribution in [2.24, 2.45) is 5.73 Å². The fourth-order valence-corrected chi connectivity index (χ4v) is 3.63. The molecule has 3 rings (SSSR count). The van der Waals surface area contributed by atoms with Gasteiger partial charge in [-0.25, -0.2) is 0 Å². The predicted molar refractivity (Wildman–Crippen MR) is 61.0 cm³/mol. The smallest absolute Gasteiger partial charge is 0.137 e. The van der Waals surface area contributed by atoms with Gasteiger partial charge in [0, 0.05) is 30.7 Å². The topological polar surface area (TPSA) is 56.7 Å². The van der Waals surface area contributed by atoms with Crippen molar-refractivity contribution in [2.75, 3.05) is 11.5 Å². The zero-order chi connectivity index (χ0) is 10.3. The Morgan fingerprint density at radius 3 is 3.07 bits per heavy atom. The molecule has 0 bridgehead atoms. The van der Waals surface area contributed by atoms with Crippen molar-refractivity contribution in [1.29, 1.82) is 0 Å². The molecular formula is C10H16N4S. The van der Waals surface area contributed by atoms with Crippen LogP contribution in [0.1, 0.15) is 30.4 Å². The maximum absolute atomic E-state index is 5.99. The summed E-state index contributed by atoms with van der Waals surface area (Å²) in [5, 5.41) is 8.64. The van der Waals surface area contributed by atoms with Crippen molar-refractivity contribution >= 4 is 11.8 Å². The van der Waals surface area contributed by atoms with Crippen molar-refractivity contribution in [2.45, 2.75) is 37.8 Å². The van der Waals surface area contributed by atoms with Crippen LogP contribution in [0.5, 0.6) is 0 Å². The van der Waals surface area contributed by atoms with E-state index < -0.39 is 0 Å². The van der Waals surface area contributed by atoms with Gasteiger partial charge in [-0.1, -0.05) is 0 Å². The first-order valence-electron chi connectivity index (χ1n) is 5.60. The lowest BCUT2D eigenvalue weighted by Crippen LogP contribution is -2.33. The fraction of sp³-hybridized carbons (Fsp3) is 0.800. The highest BCUT2D eigenvalue weighted by atomic mass is 32.2. The second kappa shape index (κ2) is 3.79. The highest BCUT2D eigenvalue weighted by Crippen LogP contribution is 2.32. The third kappa shape index (κ3) is 1.67. The molecule has 5 heteroatoms. The number of nitrogens with two attached hydrogens (primary N) is 1. The summed E-state index contributed by atoms with van der Waals surface area (Å²) in [7, 11) is 0. The number of rotatable bonds is 1. The number of aromatic nitrogens is 3. The number of nitrogens with zero attached hydrogens (tertiary/aromatic N) is 3. The molecule has 2 aliphatic heterocycles. The van der Waals surface area contributed by atoms with Gasteiger partial charge in [0.1, 0.15) is 11.6 Å². The van der Waals surface area contributed by atoms with Crippen LogP contribution in [0.15, 0.2) is 0 Å². The van der Waals surface area contributed by atoms with Crippen molar-refractivity contribution in [1.82, 2.24) is 14.8 Å². The number of hydrogen-bond donors (Lipinski definition) is 1. The van der Waals surface area contributed by atoms with E-state index in [-0.39, 0.29) is 0 Å². The normalized spacial score (nSPS) is 30.5. The number of fused-ring (bicyclic) bond motifs is 1. The van der Waals surface area contributed by atoms with E-state index in [9.17, 15) is 0 Å². The van der Waals surface area contributed by atoms with Gasteiger partial charge in [0.25, 0.3) is 0 Å². The van der Waals surface area contributed by atoms with Crippen LogP contribution in [-0.4, -0.2) is 32.3 Å². The van der Waals surface area contributed by atoms with Crippen molar-refractivity contribution in [3.63, 3.8) is 0 Å². The second-order valence-electron chi connectivity index (χ2n) is 4.44. The lowest BCUT2D eigenvalue weighted by Gasteiger charge is -2.22. The molecule has 0 spiro atoms. The Morgan fingerprint density at radius 2 is 2.27 bits per heavy atom. The summed E-state index contributed by atoms with van der Waals surface area (Å²) in [4.78, 5) is 0. The molecule has 0 amide bonds. The Labute approximate surface area is 93.6 Å². The number of hydrogen-bond acceptors (Lipinski definition) is 4. The lowest BCUT2D eigenvalue weighted by molar-refractivity contribution is 0.437. The van der Waals surface area contributed by atoms with E-state index in [0.29, 0.717) is 12.0 Å². The van der Waals surface area contributed by atoms with E-state index in [0.717, 1.165) is 25.2 Å². The molecule has 82 valence electrons. The van der Waals surface area contributed by atoms with Crippen molar-refractivity contribution < 1.29 is 0 Å². The van der Waals surface area contributed by atoms with E-state index >= 15 is 0 Å². The SMILES string of the molecule is NC1CCc2nnc(C3CCSC3)n2C1. The summed E-state index contributed by atoms with van der Waals surface area (Å²) >= 11 is 2.02. The monoisotopic (exact) mass is 224 g/mol. The molecular weight excluding hydrogens is 208 g/mol. The minimum absolute atomic E-state index is 0.293. The van der Waals surface area contributed by atoms with Crippen molar-refractivity contribution in [3.05, 3.63) is 11.6 Å². The standard InChI is InChI=1S/C10H16N4S/c11-8-1-2-9-12-13-10(14(9)5-8)7-3-4-15-6-7/h7-8H,1-6,11H2. The summed E-state index contributed by atoms with van der Waals surface area (Å²) in [6, 6.07) is 0.293. The molecule has 4 nitrogen and oxygen atoms in total. The van der Waals surface area contributed by atoms with Crippen LogP contribution in [0, 0.1) is 0 Å². The average molecular weight is 224 g/mol. The Kier molecular flexibility index (Phi) is 2.44. The molecule has 2 N–H and O–H groups in total.